The molecule has 0 aliphatic heterocycles. The number of hydrogen-bond donors (Lipinski definition) is 2. The Labute approximate surface area is 118 Å². The Morgan fingerprint density at radius 3 is 2.21 bits per heavy atom. The smallest absolute Gasteiger partial charge is 0.0574 e. The molecule has 0 unspecified atom stereocenters. The maximum Gasteiger partial charge on any atom is 0.0574 e. The lowest BCUT2D eigenvalue weighted by atomic mass is 10.2. The minimum absolute atomic E-state index is 0.830. The van der Waals surface area contributed by atoms with Crippen molar-refractivity contribution in [3.63, 3.8) is 0 Å². The first kappa shape index (κ1) is 15.8. The van der Waals surface area contributed by atoms with E-state index in [1.54, 1.807) is 0 Å². The predicted molar refractivity (Wildman–Crippen MR) is 85.6 cm³/mol. The van der Waals surface area contributed by atoms with Crippen LogP contribution in [0.2, 0.25) is 0 Å². The number of para-hydroxylation sites is 2. The summed E-state index contributed by atoms with van der Waals surface area (Å²) < 4.78 is 0. The minimum atomic E-state index is 0.830. The normalized spacial score (nSPS) is 10.9. The molecule has 1 rings (SSSR count). The first-order chi connectivity index (χ1) is 9.27. The van der Waals surface area contributed by atoms with Gasteiger partial charge in [-0.05, 0) is 38.1 Å². The van der Waals surface area contributed by atoms with E-state index >= 15 is 0 Å². The van der Waals surface area contributed by atoms with E-state index in [0.29, 0.717) is 0 Å². The lowest BCUT2D eigenvalue weighted by Crippen LogP contribution is -2.31. The highest BCUT2D eigenvalue weighted by Crippen LogP contribution is 2.16. The Balaban J connectivity index is 2.32. The number of benzene rings is 1. The Morgan fingerprint density at radius 2 is 1.63 bits per heavy atom. The summed E-state index contributed by atoms with van der Waals surface area (Å²) in [5, 5.41) is 3.43. The molecule has 0 saturated heterocycles. The maximum absolute atomic E-state index is 5.92. The molecule has 0 atom stereocenters. The highest BCUT2D eigenvalue weighted by Gasteiger charge is 2.04. The molecule has 0 aliphatic rings. The summed E-state index contributed by atoms with van der Waals surface area (Å²) in [6.45, 7) is 8.97. The SMILES string of the molecule is CCCCN(CCCC)CCNc1ccccc1N. The van der Waals surface area contributed by atoms with Crippen molar-refractivity contribution in [2.24, 2.45) is 0 Å². The molecular formula is C16H29N3. The number of rotatable bonds is 10. The van der Waals surface area contributed by atoms with Crippen molar-refractivity contribution >= 4 is 11.4 Å². The summed E-state index contributed by atoms with van der Waals surface area (Å²) >= 11 is 0. The van der Waals surface area contributed by atoms with E-state index in [4.69, 9.17) is 5.73 Å². The van der Waals surface area contributed by atoms with E-state index in [1.165, 1.54) is 38.8 Å². The molecule has 0 aromatic heterocycles. The fourth-order valence-electron chi connectivity index (χ4n) is 2.11. The number of nitrogens with zero attached hydrogens (tertiary/aromatic N) is 1. The van der Waals surface area contributed by atoms with Crippen LogP contribution >= 0.6 is 0 Å². The van der Waals surface area contributed by atoms with Crippen LogP contribution in [-0.4, -0.2) is 31.1 Å². The van der Waals surface area contributed by atoms with E-state index in [2.05, 4.69) is 24.1 Å². The van der Waals surface area contributed by atoms with Gasteiger partial charge in [0.15, 0.2) is 0 Å². The maximum atomic E-state index is 5.92. The average Bonchev–Trinajstić information content (AvgIpc) is 2.43. The molecule has 1 aromatic carbocycles. The van der Waals surface area contributed by atoms with Crippen molar-refractivity contribution in [1.29, 1.82) is 0 Å². The molecule has 0 heterocycles. The van der Waals surface area contributed by atoms with Crippen LogP contribution < -0.4 is 11.1 Å². The van der Waals surface area contributed by atoms with E-state index < -0.39 is 0 Å². The number of nitrogens with two attached hydrogens (primary N) is 1. The predicted octanol–water partition coefficient (Wildman–Crippen LogP) is 3.58. The standard InChI is InChI=1S/C16H29N3/c1-3-5-12-19(13-6-4-2)14-11-18-16-10-8-7-9-15(16)17/h7-10,18H,3-6,11-14,17H2,1-2H3. The summed E-state index contributed by atoms with van der Waals surface area (Å²) in [7, 11) is 0. The summed E-state index contributed by atoms with van der Waals surface area (Å²) in [6, 6.07) is 7.96. The van der Waals surface area contributed by atoms with Crippen LogP contribution in [0.15, 0.2) is 24.3 Å². The Kier molecular flexibility index (Phi) is 8.07. The Bertz CT molecular complexity index is 331. The molecule has 0 radical (unpaired) electrons. The average molecular weight is 263 g/mol. The number of anilines is 2. The molecule has 0 fully saturated rings. The van der Waals surface area contributed by atoms with Gasteiger partial charge in [0, 0.05) is 13.1 Å². The molecule has 19 heavy (non-hydrogen) atoms. The monoisotopic (exact) mass is 263 g/mol. The van der Waals surface area contributed by atoms with Crippen molar-refractivity contribution in [1.82, 2.24) is 4.90 Å². The number of hydrogen-bond acceptors (Lipinski definition) is 3. The van der Waals surface area contributed by atoms with Gasteiger partial charge in [-0.1, -0.05) is 38.8 Å². The van der Waals surface area contributed by atoms with Crippen LogP contribution in [0.5, 0.6) is 0 Å². The van der Waals surface area contributed by atoms with Crippen molar-refractivity contribution in [2.45, 2.75) is 39.5 Å². The van der Waals surface area contributed by atoms with Gasteiger partial charge >= 0.3 is 0 Å². The molecule has 108 valence electrons. The van der Waals surface area contributed by atoms with Crippen molar-refractivity contribution in [3.05, 3.63) is 24.3 Å². The van der Waals surface area contributed by atoms with Crippen LogP contribution in [0.4, 0.5) is 11.4 Å². The van der Waals surface area contributed by atoms with Crippen molar-refractivity contribution < 1.29 is 0 Å². The minimum Gasteiger partial charge on any atom is -0.397 e. The molecule has 3 N–H and O–H groups in total. The summed E-state index contributed by atoms with van der Waals surface area (Å²) in [5.41, 5.74) is 7.80. The summed E-state index contributed by atoms with van der Waals surface area (Å²) in [4.78, 5) is 2.55. The second-order valence-electron chi connectivity index (χ2n) is 5.06. The van der Waals surface area contributed by atoms with E-state index in [-0.39, 0.29) is 0 Å². The van der Waals surface area contributed by atoms with Crippen LogP contribution in [0, 0.1) is 0 Å². The van der Waals surface area contributed by atoms with Gasteiger partial charge in [0.05, 0.1) is 11.4 Å². The van der Waals surface area contributed by atoms with Gasteiger partial charge in [0.1, 0.15) is 0 Å². The van der Waals surface area contributed by atoms with Crippen LogP contribution in [-0.2, 0) is 0 Å². The highest BCUT2D eigenvalue weighted by atomic mass is 15.1. The fourth-order valence-corrected chi connectivity index (χ4v) is 2.11. The molecule has 0 bridgehead atoms. The third kappa shape index (κ3) is 6.48. The molecule has 0 amide bonds. The molecular weight excluding hydrogens is 234 g/mol. The van der Waals surface area contributed by atoms with Crippen molar-refractivity contribution in [2.75, 3.05) is 37.2 Å². The largest absolute Gasteiger partial charge is 0.397 e. The van der Waals surface area contributed by atoms with E-state index in [0.717, 1.165) is 24.5 Å². The highest BCUT2D eigenvalue weighted by molar-refractivity contribution is 5.65. The first-order valence-corrected chi connectivity index (χ1v) is 7.58. The second kappa shape index (κ2) is 9.68. The molecule has 3 nitrogen and oxygen atoms in total. The van der Waals surface area contributed by atoms with Crippen LogP contribution in [0.3, 0.4) is 0 Å². The zero-order valence-electron chi connectivity index (χ0n) is 12.5. The summed E-state index contributed by atoms with van der Waals surface area (Å²) in [5.74, 6) is 0. The van der Waals surface area contributed by atoms with E-state index in [9.17, 15) is 0 Å². The Hall–Kier alpha value is -1.22. The lowest BCUT2D eigenvalue weighted by molar-refractivity contribution is 0.275. The number of unbranched alkanes of at least 4 members (excludes halogenated alkanes) is 2. The zero-order chi connectivity index (χ0) is 13.9. The third-order valence-electron chi connectivity index (χ3n) is 3.36. The van der Waals surface area contributed by atoms with Crippen molar-refractivity contribution in [3.8, 4) is 0 Å². The fraction of sp³-hybridized carbons (Fsp3) is 0.625. The molecule has 0 aliphatic carbocycles. The molecule has 0 saturated carbocycles. The molecule has 1 aromatic rings. The first-order valence-electron chi connectivity index (χ1n) is 7.58. The number of nitrogen functional groups attached to an aromatic ring is 1. The van der Waals surface area contributed by atoms with Gasteiger partial charge in [0.25, 0.3) is 0 Å². The van der Waals surface area contributed by atoms with Gasteiger partial charge < -0.3 is 16.0 Å². The van der Waals surface area contributed by atoms with Gasteiger partial charge in [0.2, 0.25) is 0 Å². The molecule has 0 spiro atoms. The van der Waals surface area contributed by atoms with Crippen LogP contribution in [0.1, 0.15) is 39.5 Å². The molecule has 3 heteroatoms. The van der Waals surface area contributed by atoms with E-state index in [1.807, 2.05) is 24.3 Å². The topological polar surface area (TPSA) is 41.3 Å². The van der Waals surface area contributed by atoms with Gasteiger partial charge in [-0.25, -0.2) is 0 Å². The third-order valence-corrected chi connectivity index (χ3v) is 3.36. The summed E-state index contributed by atoms with van der Waals surface area (Å²) in [6.07, 6.45) is 5.11. The Morgan fingerprint density at radius 1 is 1.00 bits per heavy atom. The zero-order valence-corrected chi connectivity index (χ0v) is 12.5. The van der Waals surface area contributed by atoms with Crippen LogP contribution in [0.25, 0.3) is 0 Å². The second-order valence-corrected chi connectivity index (χ2v) is 5.06. The van der Waals surface area contributed by atoms with Gasteiger partial charge in [-0.3, -0.25) is 0 Å². The van der Waals surface area contributed by atoms with Gasteiger partial charge in [-0.15, -0.1) is 0 Å². The van der Waals surface area contributed by atoms with Gasteiger partial charge in [-0.2, -0.15) is 0 Å². The lowest BCUT2D eigenvalue weighted by Gasteiger charge is -2.22. The number of nitrogens with one attached hydrogen (secondary N) is 1. The quantitative estimate of drug-likeness (QED) is 0.634.